The summed E-state index contributed by atoms with van der Waals surface area (Å²) in [6.45, 7) is 2.61. The number of hydrogen-bond donors (Lipinski definition) is 1. The van der Waals surface area contributed by atoms with E-state index in [0.29, 0.717) is 12.1 Å². The second-order valence-electron chi connectivity index (χ2n) is 6.68. The number of carbonyl (C=O) groups is 1. The van der Waals surface area contributed by atoms with E-state index in [0.717, 1.165) is 48.8 Å². The zero-order chi connectivity index (χ0) is 17.8. The molecule has 1 N–H and O–H groups in total. The molecule has 6 nitrogen and oxygen atoms in total. The van der Waals surface area contributed by atoms with Gasteiger partial charge in [0.05, 0.1) is 5.56 Å². The molecule has 3 heterocycles. The Bertz CT molecular complexity index is 768. The summed E-state index contributed by atoms with van der Waals surface area (Å²) in [4.78, 5) is 18.9. The summed E-state index contributed by atoms with van der Waals surface area (Å²) in [5.74, 6) is 2.38. The van der Waals surface area contributed by atoms with Crippen LogP contribution in [0.4, 0.5) is 5.82 Å². The number of likely N-dealkylation sites (tertiary alicyclic amines) is 1. The second-order valence-corrected chi connectivity index (χ2v) is 6.68. The Morgan fingerprint density at radius 3 is 2.62 bits per heavy atom. The molecule has 0 saturated carbocycles. The monoisotopic (exact) mass is 353 g/mol. The molecule has 2 aromatic rings. The Kier molecular flexibility index (Phi) is 4.91. The van der Waals surface area contributed by atoms with E-state index >= 15 is 0 Å². The van der Waals surface area contributed by atoms with Crippen molar-refractivity contribution in [2.45, 2.75) is 32.2 Å². The lowest BCUT2D eigenvalue weighted by Gasteiger charge is -2.20. The van der Waals surface area contributed by atoms with Crippen molar-refractivity contribution in [3.05, 3.63) is 47.7 Å². The van der Waals surface area contributed by atoms with Crippen molar-refractivity contribution in [1.82, 2.24) is 9.88 Å². The molecule has 26 heavy (non-hydrogen) atoms. The standard InChI is InChI=1S/C20H23N3O3/c24-20(23-9-3-1-2-4-10-23)16-6-8-19(22-13-16)21-12-15-5-7-17-18(11-15)26-14-25-17/h5-8,11,13H,1-4,9-10,12,14H2,(H,21,22). The molecule has 1 amide bonds. The van der Waals surface area contributed by atoms with Crippen LogP contribution in [-0.4, -0.2) is 35.7 Å². The maximum absolute atomic E-state index is 12.6. The maximum atomic E-state index is 12.6. The van der Waals surface area contributed by atoms with Crippen molar-refractivity contribution in [2.75, 3.05) is 25.2 Å². The lowest BCUT2D eigenvalue weighted by atomic mass is 10.2. The van der Waals surface area contributed by atoms with Crippen LogP contribution >= 0.6 is 0 Å². The first kappa shape index (κ1) is 16.7. The van der Waals surface area contributed by atoms with Gasteiger partial charge < -0.3 is 19.7 Å². The van der Waals surface area contributed by atoms with Crippen LogP contribution < -0.4 is 14.8 Å². The van der Waals surface area contributed by atoms with E-state index < -0.39 is 0 Å². The number of anilines is 1. The molecular formula is C20H23N3O3. The lowest BCUT2D eigenvalue weighted by Crippen LogP contribution is -2.31. The Balaban J connectivity index is 1.36. The average Bonchev–Trinajstić information content (AvgIpc) is 2.98. The van der Waals surface area contributed by atoms with Crippen molar-refractivity contribution in [1.29, 1.82) is 0 Å². The molecule has 1 aromatic heterocycles. The largest absolute Gasteiger partial charge is 0.454 e. The number of pyridine rings is 1. The molecular weight excluding hydrogens is 330 g/mol. The van der Waals surface area contributed by atoms with Gasteiger partial charge in [-0.15, -0.1) is 0 Å². The number of amides is 1. The van der Waals surface area contributed by atoms with Crippen LogP contribution in [-0.2, 0) is 6.54 Å². The fraction of sp³-hybridized carbons (Fsp3) is 0.400. The number of rotatable bonds is 4. The van der Waals surface area contributed by atoms with E-state index in [1.165, 1.54) is 12.8 Å². The van der Waals surface area contributed by atoms with Crippen LogP contribution in [0.15, 0.2) is 36.5 Å². The smallest absolute Gasteiger partial charge is 0.255 e. The van der Waals surface area contributed by atoms with Crippen molar-refractivity contribution < 1.29 is 14.3 Å². The number of ether oxygens (including phenoxy) is 2. The highest BCUT2D eigenvalue weighted by Crippen LogP contribution is 2.32. The quantitative estimate of drug-likeness (QED) is 0.912. The Morgan fingerprint density at radius 2 is 1.85 bits per heavy atom. The molecule has 2 aliphatic heterocycles. The van der Waals surface area contributed by atoms with Crippen LogP contribution in [0.3, 0.4) is 0 Å². The molecule has 0 atom stereocenters. The molecule has 1 aromatic carbocycles. The predicted octanol–water partition coefficient (Wildman–Crippen LogP) is 3.44. The van der Waals surface area contributed by atoms with Crippen LogP contribution in [0.2, 0.25) is 0 Å². The zero-order valence-electron chi connectivity index (χ0n) is 14.7. The highest BCUT2D eigenvalue weighted by molar-refractivity contribution is 5.94. The van der Waals surface area contributed by atoms with Gasteiger partial charge in [0.1, 0.15) is 5.82 Å². The molecule has 0 radical (unpaired) electrons. The maximum Gasteiger partial charge on any atom is 0.255 e. The number of hydrogen-bond acceptors (Lipinski definition) is 5. The van der Waals surface area contributed by atoms with Crippen LogP contribution in [0.1, 0.15) is 41.6 Å². The minimum Gasteiger partial charge on any atom is -0.454 e. The minimum atomic E-state index is 0.0849. The third-order valence-corrected chi connectivity index (χ3v) is 4.81. The third-order valence-electron chi connectivity index (χ3n) is 4.81. The summed E-state index contributed by atoms with van der Waals surface area (Å²) in [6, 6.07) is 9.58. The van der Waals surface area contributed by atoms with Gasteiger partial charge in [-0.1, -0.05) is 18.9 Å². The highest BCUT2D eigenvalue weighted by atomic mass is 16.7. The van der Waals surface area contributed by atoms with Crippen LogP contribution in [0.25, 0.3) is 0 Å². The first-order chi connectivity index (χ1) is 12.8. The molecule has 0 bridgehead atoms. The summed E-state index contributed by atoms with van der Waals surface area (Å²) in [6.07, 6.45) is 6.27. The van der Waals surface area contributed by atoms with E-state index in [1.54, 1.807) is 6.20 Å². The number of carbonyl (C=O) groups excluding carboxylic acids is 1. The topological polar surface area (TPSA) is 63.7 Å². The first-order valence-corrected chi connectivity index (χ1v) is 9.17. The first-order valence-electron chi connectivity index (χ1n) is 9.17. The summed E-state index contributed by atoms with van der Waals surface area (Å²) >= 11 is 0. The van der Waals surface area contributed by atoms with Crippen molar-refractivity contribution in [3.8, 4) is 11.5 Å². The zero-order valence-corrected chi connectivity index (χ0v) is 14.7. The SMILES string of the molecule is O=C(c1ccc(NCc2ccc3c(c2)OCO3)nc1)N1CCCCCC1. The van der Waals surface area contributed by atoms with Gasteiger partial charge in [-0.3, -0.25) is 4.79 Å². The Hall–Kier alpha value is -2.76. The van der Waals surface area contributed by atoms with Gasteiger partial charge in [0.25, 0.3) is 5.91 Å². The van der Waals surface area contributed by atoms with Gasteiger partial charge in [0.2, 0.25) is 6.79 Å². The lowest BCUT2D eigenvalue weighted by molar-refractivity contribution is 0.0761. The van der Waals surface area contributed by atoms with E-state index in [2.05, 4.69) is 10.3 Å². The molecule has 1 fully saturated rings. The summed E-state index contributed by atoms with van der Waals surface area (Å²) in [5.41, 5.74) is 1.74. The normalized spacial score (nSPS) is 16.2. The number of fused-ring (bicyclic) bond motifs is 1. The van der Waals surface area contributed by atoms with Gasteiger partial charge in [0.15, 0.2) is 11.5 Å². The summed E-state index contributed by atoms with van der Waals surface area (Å²) in [5, 5.41) is 3.28. The Labute approximate surface area is 153 Å². The molecule has 2 aliphatic rings. The Morgan fingerprint density at radius 1 is 1.04 bits per heavy atom. The van der Waals surface area contributed by atoms with Crippen molar-refractivity contribution >= 4 is 11.7 Å². The fourth-order valence-corrected chi connectivity index (χ4v) is 3.32. The molecule has 6 heteroatoms. The van der Waals surface area contributed by atoms with Gasteiger partial charge >= 0.3 is 0 Å². The number of nitrogens with one attached hydrogen (secondary N) is 1. The highest BCUT2D eigenvalue weighted by Gasteiger charge is 2.17. The van der Waals surface area contributed by atoms with E-state index in [1.807, 2.05) is 35.2 Å². The van der Waals surface area contributed by atoms with Gasteiger partial charge in [0, 0.05) is 25.8 Å². The molecule has 0 aliphatic carbocycles. The third kappa shape index (κ3) is 3.74. The van der Waals surface area contributed by atoms with Gasteiger partial charge in [-0.05, 0) is 42.7 Å². The predicted molar refractivity (Wildman–Crippen MR) is 98.5 cm³/mol. The summed E-state index contributed by atoms with van der Waals surface area (Å²) < 4.78 is 10.7. The summed E-state index contributed by atoms with van der Waals surface area (Å²) in [7, 11) is 0. The van der Waals surface area contributed by atoms with Gasteiger partial charge in [-0.25, -0.2) is 4.98 Å². The van der Waals surface area contributed by atoms with Gasteiger partial charge in [-0.2, -0.15) is 0 Å². The molecule has 1 saturated heterocycles. The fourth-order valence-electron chi connectivity index (χ4n) is 3.32. The molecule has 4 rings (SSSR count). The molecule has 0 unspecified atom stereocenters. The number of benzene rings is 1. The second kappa shape index (κ2) is 7.64. The van der Waals surface area contributed by atoms with Crippen LogP contribution in [0.5, 0.6) is 11.5 Å². The minimum absolute atomic E-state index is 0.0849. The average molecular weight is 353 g/mol. The number of nitrogens with zero attached hydrogens (tertiary/aromatic N) is 2. The van der Waals surface area contributed by atoms with Crippen molar-refractivity contribution in [2.24, 2.45) is 0 Å². The molecule has 0 spiro atoms. The number of aromatic nitrogens is 1. The van der Waals surface area contributed by atoms with E-state index in [-0.39, 0.29) is 12.7 Å². The molecule has 136 valence electrons. The van der Waals surface area contributed by atoms with E-state index in [4.69, 9.17) is 9.47 Å². The van der Waals surface area contributed by atoms with Crippen molar-refractivity contribution in [3.63, 3.8) is 0 Å². The van der Waals surface area contributed by atoms with E-state index in [9.17, 15) is 4.79 Å². The van der Waals surface area contributed by atoms with Crippen LogP contribution in [0, 0.1) is 0 Å².